The Hall–Kier alpha value is 0.310. The van der Waals surface area contributed by atoms with Crippen molar-refractivity contribution in [1.29, 1.82) is 0 Å². The smallest absolute Gasteiger partial charge is 0.00183 e. The van der Waals surface area contributed by atoms with Gasteiger partial charge in [-0.2, -0.15) is 11.8 Å². The molecule has 0 aliphatic rings. The predicted molar refractivity (Wildman–Crippen MR) is 41.5 cm³/mol. The lowest BCUT2D eigenvalue weighted by Crippen LogP contribution is -2.17. The van der Waals surface area contributed by atoms with Crippen LogP contribution in [-0.4, -0.2) is 25.6 Å². The van der Waals surface area contributed by atoms with Crippen molar-refractivity contribution in [2.24, 2.45) is 5.92 Å². The molecule has 50 valence electrons. The van der Waals surface area contributed by atoms with Gasteiger partial charge in [-0.3, -0.25) is 0 Å². The molecule has 0 aliphatic heterocycles. The zero-order valence-corrected chi connectivity index (χ0v) is 6.72. The first kappa shape index (κ1) is 8.31. The lowest BCUT2D eigenvalue weighted by atomic mass is 10.2. The maximum atomic E-state index is 3.14. The fourth-order valence-electron chi connectivity index (χ4n) is 0.692. The lowest BCUT2D eigenvalue weighted by molar-refractivity contribution is 0.604. The number of rotatable bonds is 4. The van der Waals surface area contributed by atoms with E-state index in [0.29, 0.717) is 0 Å². The van der Waals surface area contributed by atoms with Gasteiger partial charge in [0.2, 0.25) is 0 Å². The van der Waals surface area contributed by atoms with E-state index in [4.69, 9.17) is 0 Å². The summed E-state index contributed by atoms with van der Waals surface area (Å²) in [5.41, 5.74) is 0. The Morgan fingerprint density at radius 1 is 1.62 bits per heavy atom. The Morgan fingerprint density at radius 2 is 2.25 bits per heavy atom. The van der Waals surface area contributed by atoms with E-state index in [1.807, 2.05) is 18.8 Å². The summed E-state index contributed by atoms with van der Waals surface area (Å²) in [6, 6.07) is 0. The minimum Gasteiger partial charge on any atom is -0.319 e. The average molecular weight is 133 g/mol. The minimum atomic E-state index is 0.815. The molecular formula is C6H15NS. The first-order valence-electron chi connectivity index (χ1n) is 2.94. The van der Waals surface area contributed by atoms with Crippen LogP contribution in [0.15, 0.2) is 0 Å². The second kappa shape index (κ2) is 5.45. The molecular weight excluding hydrogens is 118 g/mol. The van der Waals surface area contributed by atoms with Crippen LogP contribution in [-0.2, 0) is 0 Å². The van der Waals surface area contributed by atoms with Gasteiger partial charge in [0.25, 0.3) is 0 Å². The fourth-order valence-corrected chi connectivity index (χ4v) is 1.38. The molecule has 0 aromatic heterocycles. The summed E-state index contributed by atoms with van der Waals surface area (Å²) in [5.74, 6) is 2.08. The highest BCUT2D eigenvalue weighted by molar-refractivity contribution is 7.98. The normalized spacial score (nSPS) is 13.9. The van der Waals surface area contributed by atoms with Crippen molar-refractivity contribution in [2.45, 2.75) is 6.92 Å². The molecule has 8 heavy (non-hydrogen) atoms. The molecule has 0 aliphatic carbocycles. The first-order chi connectivity index (χ1) is 3.81. The van der Waals surface area contributed by atoms with Crippen LogP contribution in [0, 0.1) is 5.92 Å². The van der Waals surface area contributed by atoms with Crippen LogP contribution >= 0.6 is 11.8 Å². The lowest BCUT2D eigenvalue weighted by Gasteiger charge is -2.06. The fraction of sp³-hybridized carbons (Fsp3) is 1.00. The summed E-state index contributed by atoms with van der Waals surface area (Å²) in [4.78, 5) is 0. The van der Waals surface area contributed by atoms with E-state index < -0.39 is 0 Å². The molecule has 0 rings (SSSR count). The maximum absolute atomic E-state index is 3.14. The zero-order valence-electron chi connectivity index (χ0n) is 5.90. The summed E-state index contributed by atoms with van der Waals surface area (Å²) in [6.07, 6.45) is 2.14. The van der Waals surface area contributed by atoms with Crippen molar-refractivity contribution in [1.82, 2.24) is 5.32 Å². The average Bonchev–Trinajstić information content (AvgIpc) is 1.68. The molecule has 2 heteroatoms. The van der Waals surface area contributed by atoms with Gasteiger partial charge in [0.05, 0.1) is 0 Å². The Labute approximate surface area is 56.2 Å². The van der Waals surface area contributed by atoms with Gasteiger partial charge >= 0.3 is 0 Å². The van der Waals surface area contributed by atoms with Crippen molar-refractivity contribution in [3.63, 3.8) is 0 Å². The summed E-state index contributed by atoms with van der Waals surface area (Å²) in [5, 5.41) is 3.14. The van der Waals surface area contributed by atoms with Gasteiger partial charge in [-0.15, -0.1) is 0 Å². The molecule has 0 saturated carbocycles. The second-order valence-electron chi connectivity index (χ2n) is 2.12. The van der Waals surface area contributed by atoms with Gasteiger partial charge < -0.3 is 5.32 Å². The van der Waals surface area contributed by atoms with Gasteiger partial charge in [0.15, 0.2) is 0 Å². The standard InChI is InChI=1S/C6H15NS/c1-6(4-7-2)5-8-3/h6-7H,4-5H2,1-3H3. The maximum Gasteiger partial charge on any atom is -0.00183 e. The third-order valence-electron chi connectivity index (χ3n) is 1.00. The third-order valence-corrected chi connectivity index (χ3v) is 1.91. The minimum absolute atomic E-state index is 0.815. The van der Waals surface area contributed by atoms with E-state index >= 15 is 0 Å². The molecule has 1 unspecified atom stereocenters. The summed E-state index contributed by atoms with van der Waals surface area (Å²) in [7, 11) is 2.00. The van der Waals surface area contributed by atoms with Crippen LogP contribution in [0.5, 0.6) is 0 Å². The number of nitrogens with one attached hydrogen (secondary N) is 1. The Bertz CT molecular complexity index is 41.8. The Balaban J connectivity index is 2.92. The molecule has 1 atom stereocenters. The molecule has 1 N–H and O–H groups in total. The van der Waals surface area contributed by atoms with Crippen molar-refractivity contribution < 1.29 is 0 Å². The van der Waals surface area contributed by atoms with Crippen LogP contribution < -0.4 is 5.32 Å². The molecule has 0 heterocycles. The molecule has 1 nitrogen and oxygen atoms in total. The van der Waals surface area contributed by atoms with Gasteiger partial charge in [-0.1, -0.05) is 6.92 Å². The van der Waals surface area contributed by atoms with Crippen LogP contribution in [0.4, 0.5) is 0 Å². The van der Waals surface area contributed by atoms with Gasteiger partial charge in [0.1, 0.15) is 0 Å². The molecule has 0 spiro atoms. The topological polar surface area (TPSA) is 12.0 Å². The molecule has 0 bridgehead atoms. The molecule has 0 radical (unpaired) electrons. The summed E-state index contributed by atoms with van der Waals surface area (Å²) < 4.78 is 0. The predicted octanol–water partition coefficient (Wildman–Crippen LogP) is 1.20. The van der Waals surface area contributed by atoms with Crippen molar-refractivity contribution in [2.75, 3.05) is 25.6 Å². The van der Waals surface area contributed by atoms with Crippen LogP contribution in [0.3, 0.4) is 0 Å². The molecule has 0 aromatic rings. The van der Waals surface area contributed by atoms with Gasteiger partial charge in [0, 0.05) is 0 Å². The van der Waals surface area contributed by atoms with E-state index in [1.165, 1.54) is 5.75 Å². The summed E-state index contributed by atoms with van der Waals surface area (Å²) in [6.45, 7) is 3.40. The summed E-state index contributed by atoms with van der Waals surface area (Å²) >= 11 is 1.91. The molecule has 0 aromatic carbocycles. The van der Waals surface area contributed by atoms with Crippen LogP contribution in [0.1, 0.15) is 6.92 Å². The number of thioether (sulfide) groups is 1. The third kappa shape index (κ3) is 4.47. The number of hydrogen-bond donors (Lipinski definition) is 1. The Kier molecular flexibility index (Phi) is 5.66. The highest BCUT2D eigenvalue weighted by Crippen LogP contribution is 2.01. The highest BCUT2D eigenvalue weighted by atomic mass is 32.2. The van der Waals surface area contributed by atoms with Crippen LogP contribution in [0.25, 0.3) is 0 Å². The number of hydrogen-bond acceptors (Lipinski definition) is 2. The second-order valence-corrected chi connectivity index (χ2v) is 3.03. The SMILES string of the molecule is CNCC(C)CSC. The van der Waals surface area contributed by atoms with E-state index in [1.54, 1.807) is 0 Å². The highest BCUT2D eigenvalue weighted by Gasteiger charge is 1.95. The first-order valence-corrected chi connectivity index (χ1v) is 4.34. The van der Waals surface area contributed by atoms with Gasteiger partial charge in [-0.25, -0.2) is 0 Å². The quantitative estimate of drug-likeness (QED) is 0.618. The Morgan fingerprint density at radius 3 is 2.62 bits per heavy atom. The largest absolute Gasteiger partial charge is 0.319 e. The van der Waals surface area contributed by atoms with E-state index in [0.717, 1.165) is 12.5 Å². The van der Waals surface area contributed by atoms with Crippen LogP contribution in [0.2, 0.25) is 0 Å². The van der Waals surface area contributed by atoms with Gasteiger partial charge in [-0.05, 0) is 31.5 Å². The monoisotopic (exact) mass is 133 g/mol. The van der Waals surface area contributed by atoms with Crippen molar-refractivity contribution >= 4 is 11.8 Å². The molecule has 0 saturated heterocycles. The molecule has 0 amide bonds. The van der Waals surface area contributed by atoms with E-state index in [2.05, 4.69) is 18.5 Å². The van der Waals surface area contributed by atoms with Crippen molar-refractivity contribution in [3.05, 3.63) is 0 Å². The van der Waals surface area contributed by atoms with E-state index in [-0.39, 0.29) is 0 Å². The molecule has 0 fully saturated rings. The van der Waals surface area contributed by atoms with Crippen molar-refractivity contribution in [3.8, 4) is 0 Å². The zero-order chi connectivity index (χ0) is 6.41. The van der Waals surface area contributed by atoms with E-state index in [9.17, 15) is 0 Å².